The minimum Gasteiger partial charge on any atom is -0.493 e. The first-order valence-corrected chi connectivity index (χ1v) is 14.3. The van der Waals surface area contributed by atoms with Crippen LogP contribution in [-0.4, -0.2) is 74.0 Å². The molecule has 9 heteroatoms. The Balaban J connectivity index is 1.45. The number of ether oxygens (including phenoxy) is 1. The highest BCUT2D eigenvalue weighted by atomic mass is 35.5. The number of piperidine rings is 1. The van der Waals surface area contributed by atoms with Gasteiger partial charge in [-0.1, -0.05) is 35.9 Å². The molecule has 3 rings (SSSR count). The van der Waals surface area contributed by atoms with Gasteiger partial charge in [0.1, 0.15) is 12.0 Å². The molecule has 0 radical (unpaired) electrons. The second-order valence-corrected chi connectivity index (χ2v) is 10.7. The molecule has 40 heavy (non-hydrogen) atoms. The molecule has 8 nitrogen and oxygen atoms in total. The number of hydrogen-bond acceptors (Lipinski definition) is 6. The lowest BCUT2D eigenvalue weighted by Crippen LogP contribution is -2.37. The molecule has 2 amide bonds. The lowest BCUT2D eigenvalue weighted by atomic mass is 9.89. The van der Waals surface area contributed by atoms with E-state index in [9.17, 15) is 19.2 Å². The largest absolute Gasteiger partial charge is 0.493 e. The first-order valence-electron chi connectivity index (χ1n) is 14.0. The monoisotopic (exact) mass is 569 g/mol. The van der Waals surface area contributed by atoms with E-state index in [-0.39, 0.29) is 18.2 Å². The quantitative estimate of drug-likeness (QED) is 0.248. The van der Waals surface area contributed by atoms with Gasteiger partial charge in [0, 0.05) is 55.7 Å². The van der Waals surface area contributed by atoms with Crippen LogP contribution >= 0.6 is 11.6 Å². The van der Waals surface area contributed by atoms with Gasteiger partial charge in [-0.2, -0.15) is 0 Å². The predicted octanol–water partition coefficient (Wildman–Crippen LogP) is 4.63. The van der Waals surface area contributed by atoms with Crippen molar-refractivity contribution in [2.75, 3.05) is 33.8 Å². The summed E-state index contributed by atoms with van der Waals surface area (Å²) < 4.78 is 6.04. The van der Waals surface area contributed by atoms with Crippen molar-refractivity contribution < 1.29 is 23.9 Å². The average molecular weight is 570 g/mol. The SMILES string of the molecule is CNC(=O)CCC(C=O)N(C)Cc1c(C=O)cccc1OCCCCC(=O)N1CCC(c2ccc(Cl)cc2)CC1. The molecular formula is C31H40ClN3O5. The number of likely N-dealkylation sites (N-methyl/N-ethyl adjacent to an activating group) is 1. The molecule has 1 unspecified atom stereocenters. The highest BCUT2D eigenvalue weighted by molar-refractivity contribution is 6.30. The van der Waals surface area contributed by atoms with E-state index < -0.39 is 6.04 Å². The number of unbranched alkanes of at least 4 members (excludes halogenated alkanes) is 1. The van der Waals surface area contributed by atoms with E-state index in [4.69, 9.17) is 16.3 Å². The van der Waals surface area contributed by atoms with Crippen molar-refractivity contribution in [2.45, 2.75) is 63.5 Å². The summed E-state index contributed by atoms with van der Waals surface area (Å²) in [7, 11) is 3.35. The zero-order chi connectivity index (χ0) is 28.9. The van der Waals surface area contributed by atoms with E-state index in [0.29, 0.717) is 61.6 Å². The van der Waals surface area contributed by atoms with E-state index in [1.54, 1.807) is 26.2 Å². The Morgan fingerprint density at radius 1 is 1.10 bits per heavy atom. The molecular weight excluding hydrogens is 530 g/mol. The number of rotatable bonds is 15. The molecule has 0 spiro atoms. The first-order chi connectivity index (χ1) is 19.4. The minimum atomic E-state index is -0.466. The average Bonchev–Trinajstić information content (AvgIpc) is 2.98. The molecule has 1 saturated heterocycles. The summed E-state index contributed by atoms with van der Waals surface area (Å²) >= 11 is 6.00. The van der Waals surface area contributed by atoms with Gasteiger partial charge in [0.05, 0.1) is 12.6 Å². The van der Waals surface area contributed by atoms with Crippen LogP contribution in [0, 0.1) is 0 Å². The molecule has 1 heterocycles. The molecule has 0 saturated carbocycles. The number of nitrogens with one attached hydrogen (secondary N) is 1. The third-order valence-electron chi connectivity index (χ3n) is 7.60. The van der Waals surface area contributed by atoms with Crippen LogP contribution < -0.4 is 10.1 Å². The summed E-state index contributed by atoms with van der Waals surface area (Å²) in [5.41, 5.74) is 2.48. The van der Waals surface area contributed by atoms with Gasteiger partial charge < -0.3 is 19.7 Å². The smallest absolute Gasteiger partial charge is 0.222 e. The number of nitrogens with zero attached hydrogens (tertiary/aromatic N) is 2. The predicted molar refractivity (Wildman–Crippen MR) is 156 cm³/mol. The Kier molecular flexibility index (Phi) is 12.6. The third-order valence-corrected chi connectivity index (χ3v) is 7.86. The van der Waals surface area contributed by atoms with E-state index in [2.05, 4.69) is 17.4 Å². The van der Waals surface area contributed by atoms with Gasteiger partial charge in [0.2, 0.25) is 11.8 Å². The van der Waals surface area contributed by atoms with Crippen molar-refractivity contribution in [3.05, 3.63) is 64.2 Å². The molecule has 1 aliphatic heterocycles. The summed E-state index contributed by atoms with van der Waals surface area (Å²) in [6, 6.07) is 12.8. The maximum atomic E-state index is 12.8. The standard InChI is InChI=1S/C31H40ClN3O5/c1-33-30(38)14-13-27(22-37)34(2)20-28-25(21-36)6-5-7-29(28)40-19-4-3-8-31(39)35-17-15-24(16-18-35)23-9-11-26(32)12-10-23/h5-7,9-12,21-22,24,27H,3-4,8,13-20H2,1-2H3,(H,33,38). The molecule has 0 aromatic heterocycles. The van der Waals surface area contributed by atoms with Crippen LogP contribution in [0.1, 0.15) is 72.3 Å². The molecule has 2 aromatic rings. The van der Waals surface area contributed by atoms with Gasteiger partial charge >= 0.3 is 0 Å². The lowest BCUT2D eigenvalue weighted by molar-refractivity contribution is -0.132. The number of aldehydes is 2. The Labute approximate surface area is 242 Å². The van der Waals surface area contributed by atoms with Gasteiger partial charge in [-0.05, 0) is 68.8 Å². The second-order valence-electron chi connectivity index (χ2n) is 10.3. The fourth-order valence-electron chi connectivity index (χ4n) is 5.08. The number of carbonyl (C=O) groups excluding carboxylic acids is 4. The maximum Gasteiger partial charge on any atom is 0.222 e. The molecule has 1 N–H and O–H groups in total. The normalized spacial score (nSPS) is 14.6. The zero-order valence-electron chi connectivity index (χ0n) is 23.4. The maximum absolute atomic E-state index is 12.8. The van der Waals surface area contributed by atoms with Crippen LogP contribution in [0.3, 0.4) is 0 Å². The van der Waals surface area contributed by atoms with Gasteiger partial charge in [0.15, 0.2) is 6.29 Å². The van der Waals surface area contributed by atoms with Crippen molar-refractivity contribution in [1.29, 1.82) is 0 Å². The van der Waals surface area contributed by atoms with E-state index in [1.165, 1.54) is 5.56 Å². The lowest BCUT2D eigenvalue weighted by Gasteiger charge is -2.32. The van der Waals surface area contributed by atoms with Gasteiger partial charge in [-0.3, -0.25) is 19.3 Å². The molecule has 1 atom stereocenters. The minimum absolute atomic E-state index is 0.126. The topological polar surface area (TPSA) is 96.0 Å². The van der Waals surface area contributed by atoms with Crippen LogP contribution in [0.5, 0.6) is 5.75 Å². The summed E-state index contributed by atoms with van der Waals surface area (Å²) in [5, 5.41) is 3.30. The number of benzene rings is 2. The number of hydrogen-bond donors (Lipinski definition) is 1. The van der Waals surface area contributed by atoms with E-state index >= 15 is 0 Å². The van der Waals surface area contributed by atoms with Crippen LogP contribution in [0.25, 0.3) is 0 Å². The number of carbonyl (C=O) groups is 4. The van der Waals surface area contributed by atoms with Crippen LogP contribution in [0.2, 0.25) is 5.02 Å². The Hall–Kier alpha value is -3.23. The molecule has 216 valence electrons. The van der Waals surface area contributed by atoms with Crippen molar-refractivity contribution in [1.82, 2.24) is 15.1 Å². The molecule has 1 aliphatic rings. The molecule has 0 aliphatic carbocycles. The second kappa shape index (κ2) is 16.1. The highest BCUT2D eigenvalue weighted by Gasteiger charge is 2.24. The molecule has 1 fully saturated rings. The van der Waals surface area contributed by atoms with E-state index in [1.807, 2.05) is 28.0 Å². The molecule has 2 aromatic carbocycles. The van der Waals surface area contributed by atoms with Crippen LogP contribution in [0.4, 0.5) is 0 Å². The van der Waals surface area contributed by atoms with Gasteiger partial charge in [-0.25, -0.2) is 0 Å². The Morgan fingerprint density at radius 3 is 2.48 bits per heavy atom. The van der Waals surface area contributed by atoms with Crippen LogP contribution in [0.15, 0.2) is 42.5 Å². The number of halogens is 1. The first kappa shape index (κ1) is 31.3. The fourth-order valence-corrected chi connectivity index (χ4v) is 5.20. The summed E-state index contributed by atoms with van der Waals surface area (Å²) in [6.45, 7) is 2.27. The van der Waals surface area contributed by atoms with Gasteiger partial charge in [0.25, 0.3) is 0 Å². The molecule has 0 bridgehead atoms. The van der Waals surface area contributed by atoms with E-state index in [0.717, 1.165) is 43.5 Å². The van der Waals surface area contributed by atoms with Crippen molar-refractivity contribution in [2.24, 2.45) is 0 Å². The fraction of sp³-hybridized carbons (Fsp3) is 0.484. The highest BCUT2D eigenvalue weighted by Crippen LogP contribution is 2.29. The van der Waals surface area contributed by atoms with Crippen molar-refractivity contribution in [3.8, 4) is 5.75 Å². The van der Waals surface area contributed by atoms with Gasteiger partial charge in [-0.15, -0.1) is 0 Å². The third kappa shape index (κ3) is 9.17. The van der Waals surface area contributed by atoms with Crippen molar-refractivity contribution >= 4 is 36.0 Å². The Morgan fingerprint density at radius 2 is 1.82 bits per heavy atom. The zero-order valence-corrected chi connectivity index (χ0v) is 24.2. The van der Waals surface area contributed by atoms with Crippen LogP contribution in [-0.2, 0) is 20.9 Å². The number of amides is 2. The summed E-state index contributed by atoms with van der Waals surface area (Å²) in [6.07, 6.45) is 6.03. The Bertz CT molecular complexity index is 1130. The van der Waals surface area contributed by atoms with Crippen molar-refractivity contribution in [3.63, 3.8) is 0 Å². The summed E-state index contributed by atoms with van der Waals surface area (Å²) in [4.78, 5) is 51.5. The summed E-state index contributed by atoms with van der Waals surface area (Å²) in [5.74, 6) is 1.10. The number of likely N-dealkylation sites (tertiary alicyclic amines) is 1.